The summed E-state index contributed by atoms with van der Waals surface area (Å²) in [6, 6.07) is 5.18. The Kier molecular flexibility index (Phi) is 52.3. The minimum atomic E-state index is -1.19. The zero-order valence-electron chi connectivity index (χ0n) is 40.7. The van der Waals surface area contributed by atoms with Crippen LogP contribution in [0.2, 0.25) is 0 Å². The molecular formula is C42H82N8O17. The molecule has 0 aliphatic heterocycles. The molecule has 0 amide bonds. The van der Waals surface area contributed by atoms with Crippen molar-refractivity contribution < 1.29 is 82.5 Å². The molecule has 0 bridgehead atoms. The van der Waals surface area contributed by atoms with Gasteiger partial charge in [-0.1, -0.05) is 71.9 Å². The summed E-state index contributed by atoms with van der Waals surface area (Å²) in [4.78, 5) is 86.4. The second-order valence-electron chi connectivity index (χ2n) is 14.9. The number of carbonyl (C=O) groups is 8. The Labute approximate surface area is 393 Å². The van der Waals surface area contributed by atoms with Gasteiger partial charge in [0.2, 0.25) is 0 Å². The van der Waals surface area contributed by atoms with E-state index in [1.807, 2.05) is 71.9 Å². The van der Waals surface area contributed by atoms with Crippen LogP contribution in [0.25, 0.3) is 0 Å². The molecule has 1 aromatic carbocycles. The number of benzene rings is 1. The molecule has 25 nitrogen and oxygen atoms in total. The molecule has 1 rings (SSSR count). The van der Waals surface area contributed by atoms with Crippen molar-refractivity contribution >= 4 is 47.8 Å². The number of hydrogen-bond acceptors (Lipinski definition) is 25. The Bertz CT molecular complexity index is 1470. The molecule has 1 aromatic rings. The van der Waals surface area contributed by atoms with Crippen LogP contribution in [0.15, 0.2) is 30.3 Å². The van der Waals surface area contributed by atoms with Gasteiger partial charge < -0.3 is 90.0 Å². The Morgan fingerprint density at radius 2 is 0.791 bits per heavy atom. The lowest BCUT2D eigenvalue weighted by molar-refractivity contribution is -0.163. The summed E-state index contributed by atoms with van der Waals surface area (Å²) in [6.07, 6.45) is 1.39. The SMILES string of the molecule is CC(C)C[C@H](N)C(=O)OC(=O)CN.CC(C)C[C@H](N)C(=O)OC(=O)[C@@H](N)CO.CC(O)CO.CO.COC(=O)CN.COC(=O)[C@@H](N)CC(C)C.NCC(=O)OC(=O)[C@@H](N)Cc1ccccc1. The van der Waals surface area contributed by atoms with Crippen molar-refractivity contribution in [2.24, 2.45) is 63.6 Å². The quantitative estimate of drug-likeness (QED) is 0.0383. The molecule has 0 fully saturated rings. The summed E-state index contributed by atoms with van der Waals surface area (Å²) in [5.74, 6) is -4.48. The van der Waals surface area contributed by atoms with E-state index >= 15 is 0 Å². The van der Waals surface area contributed by atoms with E-state index in [0.717, 1.165) is 12.7 Å². The van der Waals surface area contributed by atoms with E-state index in [-0.39, 0.29) is 50.0 Å². The molecule has 392 valence electrons. The van der Waals surface area contributed by atoms with Gasteiger partial charge in [-0.25, -0.2) is 19.2 Å². The van der Waals surface area contributed by atoms with E-state index in [4.69, 9.17) is 66.3 Å². The molecule has 0 saturated heterocycles. The van der Waals surface area contributed by atoms with Crippen LogP contribution in [0.4, 0.5) is 0 Å². The number of methoxy groups -OCH3 is 2. The standard InChI is InChI=1S/C11H14N2O3.C9H18N2O4.C8H16N2O3.C7H15NO2.C3H7NO2.C3H8O2.CH4O/c12-7-10(14)16-11(15)9(13)6-8-4-2-1-3-5-8;1-5(2)3-6(10)8(13)15-9(14)7(11)4-12;1-5(2)3-6(10)8(12)13-7(11)4-9;1-5(2)4-6(8)7(9)10-3;1-6-3(5)2-4;1-3(5)2-4;1-2/h1-5,9H,6-7,12-13H2;5-7,12H,3-4,10-11H2,1-2H3;5-6H,3-4,9-10H2,1-2H3;5-6H,4,8H2,1-3H3;2,4H2,1H3;3-5H,2H2,1H3;2H,1H3/t9-;6-,7-;2*6-;;;/m0000.../s1. The van der Waals surface area contributed by atoms with Crippen LogP contribution >= 0.6 is 0 Å². The van der Waals surface area contributed by atoms with Crippen molar-refractivity contribution in [3.8, 4) is 0 Å². The van der Waals surface area contributed by atoms with Crippen molar-refractivity contribution in [3.63, 3.8) is 0 Å². The number of carbonyl (C=O) groups excluding carboxylic acids is 8. The van der Waals surface area contributed by atoms with Crippen molar-refractivity contribution in [2.75, 3.05) is 54.2 Å². The average molecular weight is 971 g/mol. The fourth-order valence-corrected chi connectivity index (χ4v) is 3.78. The molecule has 0 aliphatic rings. The molecule has 0 heterocycles. The first-order valence-corrected chi connectivity index (χ1v) is 20.8. The zero-order valence-corrected chi connectivity index (χ0v) is 40.7. The third-order valence-corrected chi connectivity index (χ3v) is 7.01. The van der Waals surface area contributed by atoms with Gasteiger partial charge in [-0.05, 0) is 55.9 Å². The molecule has 1 unspecified atom stereocenters. The van der Waals surface area contributed by atoms with Gasteiger partial charge in [0.1, 0.15) is 30.2 Å². The molecule has 0 saturated carbocycles. The minimum absolute atomic E-state index is 0.0312. The third-order valence-electron chi connectivity index (χ3n) is 7.01. The first-order chi connectivity index (χ1) is 31.1. The Balaban J connectivity index is -0.000000172. The maximum absolute atomic E-state index is 11.3. The van der Waals surface area contributed by atoms with Crippen LogP contribution in [0.1, 0.15) is 73.3 Å². The highest BCUT2D eigenvalue weighted by molar-refractivity contribution is 5.91. The number of esters is 8. The van der Waals surface area contributed by atoms with E-state index < -0.39 is 78.7 Å². The van der Waals surface area contributed by atoms with Crippen LogP contribution in [-0.2, 0) is 68.5 Å². The molecule has 6 atom stereocenters. The van der Waals surface area contributed by atoms with Crippen LogP contribution in [0.3, 0.4) is 0 Å². The largest absolute Gasteiger partial charge is 0.468 e. The Morgan fingerprint density at radius 1 is 0.478 bits per heavy atom. The van der Waals surface area contributed by atoms with E-state index in [0.29, 0.717) is 31.6 Å². The summed E-state index contributed by atoms with van der Waals surface area (Å²) >= 11 is 0. The number of ether oxygens (including phenoxy) is 5. The second-order valence-corrected chi connectivity index (χ2v) is 14.9. The first kappa shape index (κ1) is 73.7. The van der Waals surface area contributed by atoms with E-state index in [2.05, 4.69) is 23.7 Å². The molecule has 20 N–H and O–H groups in total. The van der Waals surface area contributed by atoms with Gasteiger partial charge >= 0.3 is 47.8 Å². The second kappa shape index (κ2) is 47.6. The smallest absolute Gasteiger partial charge is 0.332 e. The Hall–Kier alpha value is -4.90. The van der Waals surface area contributed by atoms with E-state index in [9.17, 15) is 38.4 Å². The highest BCUT2D eigenvalue weighted by atomic mass is 16.6. The maximum atomic E-state index is 11.3. The summed E-state index contributed by atoms with van der Waals surface area (Å²) in [5.41, 5.74) is 42.8. The van der Waals surface area contributed by atoms with Crippen molar-refractivity contribution in [3.05, 3.63) is 35.9 Å². The Morgan fingerprint density at radius 3 is 1.06 bits per heavy atom. The third kappa shape index (κ3) is 50.4. The maximum Gasteiger partial charge on any atom is 0.332 e. The lowest BCUT2D eigenvalue weighted by Crippen LogP contribution is -2.41. The predicted molar refractivity (Wildman–Crippen MR) is 247 cm³/mol. The van der Waals surface area contributed by atoms with Gasteiger partial charge in [-0.3, -0.25) is 19.2 Å². The molecule has 0 spiro atoms. The number of nitrogens with two attached hydrogens (primary N) is 8. The number of aliphatic hydroxyl groups is 4. The number of hydrogen-bond donors (Lipinski definition) is 12. The number of aliphatic hydroxyl groups excluding tert-OH is 4. The molecule has 25 heteroatoms. The summed E-state index contributed by atoms with van der Waals surface area (Å²) in [5, 5.41) is 31.5. The van der Waals surface area contributed by atoms with Crippen molar-refractivity contribution in [2.45, 2.75) is 110 Å². The van der Waals surface area contributed by atoms with Crippen molar-refractivity contribution in [1.82, 2.24) is 0 Å². The summed E-state index contributed by atoms with van der Waals surface area (Å²) in [7, 11) is 3.65. The predicted octanol–water partition coefficient (Wildman–Crippen LogP) is -3.66. The molecule has 0 aliphatic carbocycles. The summed E-state index contributed by atoms with van der Waals surface area (Å²) < 4.78 is 21.7. The highest BCUT2D eigenvalue weighted by Gasteiger charge is 2.23. The average Bonchev–Trinajstić information content (AvgIpc) is 3.29. The van der Waals surface area contributed by atoms with Crippen LogP contribution < -0.4 is 45.9 Å². The first-order valence-electron chi connectivity index (χ1n) is 20.8. The number of rotatable bonds is 18. The fourth-order valence-electron chi connectivity index (χ4n) is 3.78. The van der Waals surface area contributed by atoms with Gasteiger partial charge in [-0.15, -0.1) is 0 Å². The van der Waals surface area contributed by atoms with Crippen LogP contribution in [0.5, 0.6) is 0 Å². The van der Waals surface area contributed by atoms with E-state index in [1.54, 1.807) is 0 Å². The normalized spacial score (nSPS) is 12.5. The van der Waals surface area contributed by atoms with Gasteiger partial charge in [0, 0.05) is 7.11 Å². The minimum Gasteiger partial charge on any atom is -0.468 e. The lowest BCUT2D eigenvalue weighted by atomic mass is 10.1. The van der Waals surface area contributed by atoms with Gasteiger partial charge in [-0.2, -0.15) is 0 Å². The van der Waals surface area contributed by atoms with Crippen LogP contribution in [0, 0.1) is 17.8 Å². The van der Waals surface area contributed by atoms with E-state index in [1.165, 1.54) is 21.1 Å². The highest BCUT2D eigenvalue weighted by Crippen LogP contribution is 2.06. The summed E-state index contributed by atoms with van der Waals surface area (Å²) in [6.45, 7) is 11.8. The van der Waals surface area contributed by atoms with Crippen molar-refractivity contribution in [1.29, 1.82) is 0 Å². The monoisotopic (exact) mass is 971 g/mol. The molecule has 0 aromatic heterocycles. The molecule has 67 heavy (non-hydrogen) atoms. The zero-order chi connectivity index (χ0) is 53.8. The van der Waals surface area contributed by atoms with Gasteiger partial charge in [0.05, 0.1) is 53.2 Å². The van der Waals surface area contributed by atoms with Gasteiger partial charge in [0.15, 0.2) is 0 Å². The lowest BCUT2D eigenvalue weighted by Gasteiger charge is -2.13. The fraction of sp³-hybridized carbons (Fsp3) is 0.667. The topological polar surface area (TPSA) is 472 Å². The van der Waals surface area contributed by atoms with Gasteiger partial charge in [0.25, 0.3) is 0 Å². The molecule has 0 radical (unpaired) electrons. The van der Waals surface area contributed by atoms with Crippen LogP contribution in [-0.4, -0.2) is 159 Å². The molecular weight excluding hydrogens is 889 g/mol.